The van der Waals surface area contributed by atoms with Crippen LogP contribution in [0.4, 0.5) is 0 Å². The van der Waals surface area contributed by atoms with E-state index < -0.39 is 0 Å². The van der Waals surface area contributed by atoms with Crippen LogP contribution in [0.1, 0.15) is 57.2 Å². The van der Waals surface area contributed by atoms with Gasteiger partial charge in [-0.05, 0) is 18.8 Å². The van der Waals surface area contributed by atoms with Crippen LogP contribution in [0.15, 0.2) is 6.20 Å². The highest BCUT2D eigenvalue weighted by Crippen LogP contribution is 2.32. The second-order valence-corrected chi connectivity index (χ2v) is 4.78. The second-order valence-electron chi connectivity index (χ2n) is 4.78. The van der Waals surface area contributed by atoms with Crippen LogP contribution in [0, 0.1) is 5.92 Å². The minimum atomic E-state index is -0.385. The molecule has 0 aliphatic heterocycles. The molecule has 1 unspecified atom stereocenters. The average molecular weight is 223 g/mol. The van der Waals surface area contributed by atoms with Gasteiger partial charge in [-0.25, -0.2) is 4.68 Å². The third-order valence-electron chi connectivity index (χ3n) is 3.46. The van der Waals surface area contributed by atoms with Crippen molar-refractivity contribution >= 4 is 0 Å². The lowest BCUT2D eigenvalue weighted by Gasteiger charge is -2.15. The van der Waals surface area contributed by atoms with Crippen molar-refractivity contribution < 1.29 is 5.11 Å². The van der Waals surface area contributed by atoms with E-state index in [-0.39, 0.29) is 6.10 Å². The Morgan fingerprint density at radius 3 is 2.94 bits per heavy atom. The Kier molecular flexibility index (Phi) is 3.93. The van der Waals surface area contributed by atoms with Crippen molar-refractivity contribution in [1.82, 2.24) is 15.0 Å². The van der Waals surface area contributed by atoms with Gasteiger partial charge in [0.05, 0.1) is 18.0 Å². The Labute approximate surface area is 96.7 Å². The Morgan fingerprint density at radius 1 is 1.50 bits per heavy atom. The highest BCUT2D eigenvalue weighted by atomic mass is 16.3. The first-order valence-corrected chi connectivity index (χ1v) is 6.37. The van der Waals surface area contributed by atoms with Crippen molar-refractivity contribution in [3.05, 3.63) is 11.9 Å². The quantitative estimate of drug-likeness (QED) is 0.833. The molecule has 0 radical (unpaired) electrons. The van der Waals surface area contributed by atoms with E-state index in [0.29, 0.717) is 5.92 Å². The summed E-state index contributed by atoms with van der Waals surface area (Å²) < 4.78 is 1.83. The molecular weight excluding hydrogens is 202 g/mol. The number of rotatable bonds is 5. The van der Waals surface area contributed by atoms with Gasteiger partial charge >= 0.3 is 0 Å². The number of aliphatic hydroxyl groups is 1. The van der Waals surface area contributed by atoms with E-state index in [1.807, 2.05) is 4.68 Å². The number of aliphatic hydroxyl groups excluding tert-OH is 1. The van der Waals surface area contributed by atoms with Crippen molar-refractivity contribution in [2.45, 2.75) is 58.1 Å². The molecule has 0 aromatic carbocycles. The van der Waals surface area contributed by atoms with Crippen LogP contribution in [0.3, 0.4) is 0 Å². The molecule has 2 rings (SSSR count). The summed E-state index contributed by atoms with van der Waals surface area (Å²) in [6.07, 6.45) is 8.40. The fraction of sp³-hybridized carbons (Fsp3) is 0.833. The second kappa shape index (κ2) is 5.43. The Hall–Kier alpha value is -0.900. The summed E-state index contributed by atoms with van der Waals surface area (Å²) in [6, 6.07) is 0. The molecule has 4 nitrogen and oxygen atoms in total. The number of nitrogens with zero attached hydrogens (tertiary/aromatic N) is 3. The molecule has 16 heavy (non-hydrogen) atoms. The minimum Gasteiger partial charge on any atom is -0.387 e. The van der Waals surface area contributed by atoms with Crippen LogP contribution in [0.2, 0.25) is 0 Å². The molecule has 0 amide bonds. The number of hydrogen-bond acceptors (Lipinski definition) is 3. The molecule has 1 aliphatic carbocycles. The van der Waals surface area contributed by atoms with Gasteiger partial charge in [-0.2, -0.15) is 0 Å². The van der Waals surface area contributed by atoms with Gasteiger partial charge in [0.25, 0.3) is 0 Å². The van der Waals surface area contributed by atoms with E-state index in [9.17, 15) is 5.11 Å². The average Bonchev–Trinajstić information content (AvgIpc) is 2.89. The molecule has 1 aromatic rings. The predicted molar refractivity (Wildman–Crippen MR) is 61.8 cm³/mol. The van der Waals surface area contributed by atoms with Gasteiger partial charge in [-0.15, -0.1) is 5.10 Å². The van der Waals surface area contributed by atoms with Crippen LogP contribution in [-0.4, -0.2) is 20.1 Å². The first kappa shape index (κ1) is 11.6. The predicted octanol–water partition coefficient (Wildman–Crippen LogP) is 2.30. The summed E-state index contributed by atoms with van der Waals surface area (Å²) in [5, 5.41) is 18.1. The standard InChI is InChI=1S/C12H21N3O/c1-2-7-15-11(9-13-14-15)12(16)8-10-5-3-4-6-10/h9-10,12,16H,2-8H2,1H3. The van der Waals surface area contributed by atoms with Gasteiger partial charge < -0.3 is 5.11 Å². The van der Waals surface area contributed by atoms with Crippen LogP contribution < -0.4 is 0 Å². The molecule has 1 aliphatic rings. The van der Waals surface area contributed by atoms with E-state index in [2.05, 4.69) is 17.2 Å². The van der Waals surface area contributed by atoms with Gasteiger partial charge in [0.2, 0.25) is 0 Å². The number of aryl methyl sites for hydroxylation is 1. The van der Waals surface area contributed by atoms with Gasteiger partial charge in [-0.3, -0.25) is 0 Å². The molecule has 0 bridgehead atoms. The molecule has 0 saturated heterocycles. The summed E-state index contributed by atoms with van der Waals surface area (Å²) in [6.45, 7) is 2.95. The van der Waals surface area contributed by atoms with Crippen molar-refractivity contribution in [2.24, 2.45) is 5.92 Å². The summed E-state index contributed by atoms with van der Waals surface area (Å²) in [5.74, 6) is 0.694. The van der Waals surface area contributed by atoms with E-state index in [1.54, 1.807) is 6.20 Å². The lowest BCUT2D eigenvalue weighted by molar-refractivity contribution is 0.134. The molecule has 1 heterocycles. The van der Waals surface area contributed by atoms with Gasteiger partial charge in [-0.1, -0.05) is 37.8 Å². The lowest BCUT2D eigenvalue weighted by atomic mass is 9.98. The molecular formula is C12H21N3O. The summed E-state index contributed by atoms with van der Waals surface area (Å²) in [5.41, 5.74) is 0.883. The van der Waals surface area contributed by atoms with E-state index in [4.69, 9.17) is 0 Å². The van der Waals surface area contributed by atoms with E-state index in [0.717, 1.165) is 25.1 Å². The van der Waals surface area contributed by atoms with Crippen LogP contribution in [0.5, 0.6) is 0 Å². The maximum absolute atomic E-state index is 10.2. The Bertz CT molecular complexity index is 318. The topological polar surface area (TPSA) is 50.9 Å². The lowest BCUT2D eigenvalue weighted by Crippen LogP contribution is -2.11. The molecule has 1 atom stereocenters. The Balaban J connectivity index is 1.96. The highest BCUT2D eigenvalue weighted by Gasteiger charge is 2.22. The van der Waals surface area contributed by atoms with Crippen molar-refractivity contribution in [2.75, 3.05) is 0 Å². The highest BCUT2D eigenvalue weighted by molar-refractivity contribution is 4.99. The summed E-state index contributed by atoms with van der Waals surface area (Å²) >= 11 is 0. The molecule has 1 fully saturated rings. The third-order valence-corrected chi connectivity index (χ3v) is 3.46. The molecule has 90 valence electrons. The molecule has 4 heteroatoms. The maximum Gasteiger partial charge on any atom is 0.0975 e. The SMILES string of the molecule is CCCn1nncc1C(O)CC1CCCC1. The zero-order valence-corrected chi connectivity index (χ0v) is 9.97. The van der Waals surface area contributed by atoms with Crippen LogP contribution >= 0.6 is 0 Å². The first-order chi connectivity index (χ1) is 7.81. The zero-order valence-electron chi connectivity index (χ0n) is 9.97. The maximum atomic E-state index is 10.2. The summed E-state index contributed by atoms with van der Waals surface area (Å²) in [4.78, 5) is 0. The molecule has 1 saturated carbocycles. The third kappa shape index (κ3) is 2.61. The largest absolute Gasteiger partial charge is 0.387 e. The monoisotopic (exact) mass is 223 g/mol. The van der Waals surface area contributed by atoms with Crippen LogP contribution in [-0.2, 0) is 6.54 Å². The van der Waals surface area contributed by atoms with E-state index >= 15 is 0 Å². The minimum absolute atomic E-state index is 0.385. The van der Waals surface area contributed by atoms with Crippen molar-refractivity contribution in [3.63, 3.8) is 0 Å². The first-order valence-electron chi connectivity index (χ1n) is 6.37. The number of aromatic nitrogens is 3. The molecule has 1 N–H and O–H groups in total. The number of hydrogen-bond donors (Lipinski definition) is 1. The van der Waals surface area contributed by atoms with Crippen molar-refractivity contribution in [1.29, 1.82) is 0 Å². The molecule has 0 spiro atoms. The van der Waals surface area contributed by atoms with Gasteiger partial charge in [0.1, 0.15) is 0 Å². The van der Waals surface area contributed by atoms with Crippen LogP contribution in [0.25, 0.3) is 0 Å². The van der Waals surface area contributed by atoms with Gasteiger partial charge in [0.15, 0.2) is 0 Å². The zero-order chi connectivity index (χ0) is 11.4. The smallest absolute Gasteiger partial charge is 0.0975 e. The fourth-order valence-electron chi connectivity index (χ4n) is 2.59. The van der Waals surface area contributed by atoms with Gasteiger partial charge in [0, 0.05) is 6.54 Å². The van der Waals surface area contributed by atoms with E-state index in [1.165, 1.54) is 25.7 Å². The fourth-order valence-corrected chi connectivity index (χ4v) is 2.59. The normalized spacial score (nSPS) is 19.1. The Morgan fingerprint density at radius 2 is 2.25 bits per heavy atom. The molecule has 1 aromatic heterocycles. The van der Waals surface area contributed by atoms with Crippen molar-refractivity contribution in [3.8, 4) is 0 Å². The summed E-state index contributed by atoms with van der Waals surface area (Å²) in [7, 11) is 0.